The summed E-state index contributed by atoms with van der Waals surface area (Å²) in [6.45, 7) is 6.61. The maximum Gasteiger partial charge on any atom is 0.178 e. The van der Waals surface area contributed by atoms with Crippen molar-refractivity contribution in [3.8, 4) is 11.3 Å². The normalized spacial score (nSPS) is 11.0. The Hall–Kier alpha value is -3.48. The van der Waals surface area contributed by atoms with Crippen LogP contribution < -0.4 is 5.32 Å². The van der Waals surface area contributed by atoms with Gasteiger partial charge < -0.3 is 5.32 Å². The number of nitrogens with one attached hydrogen (secondary N) is 1. The van der Waals surface area contributed by atoms with Crippen LogP contribution in [0, 0.1) is 20.8 Å². The van der Waals surface area contributed by atoms with Crippen molar-refractivity contribution in [3.05, 3.63) is 65.6 Å². The molecule has 0 bridgehead atoms. The molecule has 0 aliphatic carbocycles. The molecule has 0 spiro atoms. The summed E-state index contributed by atoms with van der Waals surface area (Å²) in [5.74, 6) is 0.780. The molecule has 0 saturated carbocycles. The summed E-state index contributed by atoms with van der Waals surface area (Å²) >= 11 is 0. The molecule has 1 N–H and O–H groups in total. The number of nitrogens with zero attached hydrogens (tertiary/aromatic N) is 6. The van der Waals surface area contributed by atoms with Crippen LogP contribution in [0.25, 0.3) is 22.4 Å². The van der Waals surface area contributed by atoms with E-state index >= 15 is 0 Å². The van der Waals surface area contributed by atoms with Crippen molar-refractivity contribution in [2.75, 3.05) is 11.9 Å². The van der Waals surface area contributed by atoms with E-state index in [4.69, 9.17) is 0 Å². The zero-order valence-corrected chi connectivity index (χ0v) is 16.1. The van der Waals surface area contributed by atoms with Crippen molar-refractivity contribution in [3.63, 3.8) is 0 Å². The van der Waals surface area contributed by atoms with E-state index in [1.165, 1.54) is 0 Å². The number of anilines is 1. The first-order valence-electron chi connectivity index (χ1n) is 9.18. The lowest BCUT2D eigenvalue weighted by Crippen LogP contribution is -2.08. The first kappa shape index (κ1) is 17.9. The average molecular weight is 371 g/mol. The summed E-state index contributed by atoms with van der Waals surface area (Å²) in [5.41, 5.74) is 7.31. The molecule has 0 amide bonds. The second kappa shape index (κ2) is 7.64. The lowest BCUT2D eigenvalue weighted by molar-refractivity contribution is 0.989. The molecule has 140 valence electrons. The van der Waals surface area contributed by atoms with Crippen molar-refractivity contribution >= 4 is 17.0 Å². The van der Waals surface area contributed by atoms with E-state index in [0.717, 1.165) is 58.2 Å². The van der Waals surface area contributed by atoms with Gasteiger partial charge in [-0.15, -0.1) is 0 Å². The van der Waals surface area contributed by atoms with E-state index in [9.17, 15) is 0 Å². The molecule has 0 saturated heterocycles. The highest BCUT2D eigenvalue weighted by molar-refractivity contribution is 5.74. The second-order valence-corrected chi connectivity index (χ2v) is 6.69. The van der Waals surface area contributed by atoms with Crippen LogP contribution in [0.5, 0.6) is 0 Å². The number of hydrogen-bond acceptors (Lipinski definition) is 7. The van der Waals surface area contributed by atoms with Crippen molar-refractivity contribution in [1.29, 1.82) is 0 Å². The highest BCUT2D eigenvalue weighted by Gasteiger charge is 2.08. The maximum atomic E-state index is 4.68. The minimum Gasteiger partial charge on any atom is -0.370 e. The van der Waals surface area contributed by atoms with Gasteiger partial charge in [-0.3, -0.25) is 4.98 Å². The van der Waals surface area contributed by atoms with Crippen molar-refractivity contribution < 1.29 is 0 Å². The zero-order chi connectivity index (χ0) is 19.5. The lowest BCUT2D eigenvalue weighted by Gasteiger charge is -2.09. The number of fused-ring (bicyclic) bond motifs is 1. The third kappa shape index (κ3) is 3.78. The molecule has 0 unspecified atom stereocenters. The molecule has 7 nitrogen and oxygen atoms in total. The van der Waals surface area contributed by atoms with E-state index in [-0.39, 0.29) is 0 Å². The Labute approximate surface area is 163 Å². The number of aryl methyl sites for hydroxylation is 3. The Morgan fingerprint density at radius 2 is 1.75 bits per heavy atom. The van der Waals surface area contributed by atoms with E-state index in [2.05, 4.69) is 35.2 Å². The van der Waals surface area contributed by atoms with Gasteiger partial charge in [0.15, 0.2) is 5.65 Å². The fraction of sp³-hybridized carbons (Fsp3) is 0.238. The Morgan fingerprint density at radius 1 is 0.893 bits per heavy atom. The second-order valence-electron chi connectivity index (χ2n) is 6.69. The molecule has 4 aromatic heterocycles. The van der Waals surface area contributed by atoms with Crippen LogP contribution in [0.3, 0.4) is 0 Å². The van der Waals surface area contributed by atoms with Crippen LogP contribution in [-0.2, 0) is 6.42 Å². The van der Waals surface area contributed by atoms with Gasteiger partial charge in [0.05, 0.1) is 17.1 Å². The summed E-state index contributed by atoms with van der Waals surface area (Å²) < 4.78 is 0. The fourth-order valence-electron chi connectivity index (χ4n) is 2.93. The number of rotatable bonds is 5. The molecular weight excluding hydrogens is 350 g/mol. The molecule has 0 aliphatic rings. The standard InChI is InChI=1S/C21H21N7/c1-13-4-5-17(11-24-13)18-10-19(26-12-25-18)22-8-6-16-7-9-23-21-20(16)27-14(2)15(3)28-21/h4-5,7,9-12H,6,8H2,1-3H3,(H,22,25,26). The summed E-state index contributed by atoms with van der Waals surface area (Å²) in [6, 6.07) is 7.92. The topological polar surface area (TPSA) is 89.4 Å². The van der Waals surface area contributed by atoms with E-state index in [0.29, 0.717) is 5.65 Å². The molecule has 4 aromatic rings. The van der Waals surface area contributed by atoms with Crippen LogP contribution in [0.1, 0.15) is 22.6 Å². The predicted octanol–water partition coefficient (Wildman–Crippen LogP) is 3.46. The summed E-state index contributed by atoms with van der Waals surface area (Å²) in [6.07, 6.45) is 5.97. The maximum absolute atomic E-state index is 4.68. The highest BCUT2D eigenvalue weighted by Crippen LogP contribution is 2.19. The van der Waals surface area contributed by atoms with Crippen LogP contribution in [0.15, 0.2) is 43.0 Å². The molecule has 0 aliphatic heterocycles. The lowest BCUT2D eigenvalue weighted by atomic mass is 10.1. The van der Waals surface area contributed by atoms with Gasteiger partial charge >= 0.3 is 0 Å². The summed E-state index contributed by atoms with van der Waals surface area (Å²) in [7, 11) is 0. The molecule has 4 rings (SSSR count). The molecular formula is C21H21N7. The van der Waals surface area contributed by atoms with Gasteiger partial charge in [0.25, 0.3) is 0 Å². The van der Waals surface area contributed by atoms with Gasteiger partial charge in [0, 0.05) is 36.3 Å². The largest absolute Gasteiger partial charge is 0.370 e. The van der Waals surface area contributed by atoms with E-state index < -0.39 is 0 Å². The highest BCUT2D eigenvalue weighted by atomic mass is 15.0. The van der Waals surface area contributed by atoms with E-state index in [1.807, 2.05) is 51.2 Å². The van der Waals surface area contributed by atoms with Crippen LogP contribution >= 0.6 is 0 Å². The summed E-state index contributed by atoms with van der Waals surface area (Å²) in [4.78, 5) is 26.5. The molecule has 7 heteroatoms. The zero-order valence-electron chi connectivity index (χ0n) is 16.1. The number of pyridine rings is 2. The minimum absolute atomic E-state index is 0.691. The number of aromatic nitrogens is 6. The Balaban J connectivity index is 1.49. The number of hydrogen-bond donors (Lipinski definition) is 1. The molecule has 0 atom stereocenters. The average Bonchev–Trinajstić information content (AvgIpc) is 2.70. The first-order chi connectivity index (χ1) is 13.6. The smallest absolute Gasteiger partial charge is 0.178 e. The van der Waals surface area contributed by atoms with Gasteiger partial charge in [-0.1, -0.05) is 0 Å². The van der Waals surface area contributed by atoms with Crippen molar-refractivity contribution in [1.82, 2.24) is 29.9 Å². The molecule has 4 heterocycles. The van der Waals surface area contributed by atoms with Gasteiger partial charge in [0.1, 0.15) is 17.7 Å². The fourth-order valence-corrected chi connectivity index (χ4v) is 2.93. The molecule has 28 heavy (non-hydrogen) atoms. The monoisotopic (exact) mass is 371 g/mol. The van der Waals surface area contributed by atoms with E-state index in [1.54, 1.807) is 12.5 Å². The minimum atomic E-state index is 0.691. The van der Waals surface area contributed by atoms with Gasteiger partial charge in [-0.05, 0) is 51.0 Å². The van der Waals surface area contributed by atoms with Crippen molar-refractivity contribution in [2.45, 2.75) is 27.2 Å². The Kier molecular flexibility index (Phi) is 4.89. The van der Waals surface area contributed by atoms with Gasteiger partial charge in [0.2, 0.25) is 0 Å². The van der Waals surface area contributed by atoms with Gasteiger partial charge in [-0.2, -0.15) is 0 Å². The molecule has 0 radical (unpaired) electrons. The van der Waals surface area contributed by atoms with Crippen molar-refractivity contribution in [2.24, 2.45) is 0 Å². The first-order valence-corrected chi connectivity index (χ1v) is 9.18. The Bertz CT molecular complexity index is 1120. The molecule has 0 fully saturated rings. The summed E-state index contributed by atoms with van der Waals surface area (Å²) in [5, 5.41) is 3.37. The predicted molar refractivity (Wildman–Crippen MR) is 109 cm³/mol. The quantitative estimate of drug-likeness (QED) is 0.574. The molecule has 0 aromatic carbocycles. The van der Waals surface area contributed by atoms with Crippen LogP contribution in [0.2, 0.25) is 0 Å². The Morgan fingerprint density at radius 3 is 2.57 bits per heavy atom. The third-order valence-corrected chi connectivity index (χ3v) is 4.64. The van der Waals surface area contributed by atoms with Gasteiger partial charge in [-0.25, -0.2) is 24.9 Å². The van der Waals surface area contributed by atoms with Crippen LogP contribution in [0.4, 0.5) is 5.82 Å². The third-order valence-electron chi connectivity index (χ3n) is 4.64. The van der Waals surface area contributed by atoms with Crippen LogP contribution in [-0.4, -0.2) is 36.4 Å². The SMILES string of the molecule is Cc1ccc(-c2cc(NCCc3ccnc4nc(C)c(C)nc34)ncn2)cn1.